The van der Waals surface area contributed by atoms with E-state index in [1.165, 1.54) is 0 Å². The average Bonchev–Trinajstić information content (AvgIpc) is 1.88. The van der Waals surface area contributed by atoms with Crippen LogP contribution in [0.1, 0.15) is 13.3 Å². The molecule has 0 unspecified atom stereocenters. The van der Waals surface area contributed by atoms with Crippen molar-refractivity contribution in [1.82, 2.24) is 0 Å². The first kappa shape index (κ1) is 8.41. The van der Waals surface area contributed by atoms with Gasteiger partial charge in [-0.2, -0.15) is 0 Å². The molecule has 0 aromatic heterocycles. The molecule has 0 radical (unpaired) electrons. The standard InChI is InChI=1S/C6H15O3P/c1-3-6-4-8-10(2,7)9-5-6/h6-7,10H,3-5H2,1-2H3. The Morgan fingerprint density at radius 2 is 2.00 bits per heavy atom. The van der Waals surface area contributed by atoms with E-state index in [2.05, 4.69) is 6.92 Å². The van der Waals surface area contributed by atoms with Crippen molar-refractivity contribution in [2.75, 3.05) is 19.9 Å². The Kier molecular flexibility index (Phi) is 2.64. The van der Waals surface area contributed by atoms with Gasteiger partial charge in [0.1, 0.15) is 0 Å². The van der Waals surface area contributed by atoms with Gasteiger partial charge in [-0.15, -0.1) is 0 Å². The van der Waals surface area contributed by atoms with E-state index in [-0.39, 0.29) is 0 Å². The average molecular weight is 166 g/mol. The normalized spacial score (nSPS) is 35.3. The molecule has 0 bridgehead atoms. The molecule has 1 fully saturated rings. The minimum atomic E-state index is -2.65. The summed E-state index contributed by atoms with van der Waals surface area (Å²) in [6.45, 7) is 5.07. The fourth-order valence-electron chi connectivity index (χ4n) is 0.870. The van der Waals surface area contributed by atoms with Gasteiger partial charge in [0.25, 0.3) is 0 Å². The van der Waals surface area contributed by atoms with Crippen LogP contribution in [0.5, 0.6) is 0 Å². The van der Waals surface area contributed by atoms with E-state index in [0.29, 0.717) is 19.1 Å². The van der Waals surface area contributed by atoms with Crippen LogP contribution < -0.4 is 0 Å². The van der Waals surface area contributed by atoms with E-state index in [1.54, 1.807) is 6.66 Å². The fourth-order valence-corrected chi connectivity index (χ4v) is 2.04. The molecule has 1 heterocycles. The van der Waals surface area contributed by atoms with Gasteiger partial charge in [-0.05, 0) is 0 Å². The third-order valence-corrected chi connectivity index (χ3v) is 3.16. The molecule has 0 aromatic carbocycles. The monoisotopic (exact) mass is 166 g/mol. The summed E-state index contributed by atoms with van der Waals surface area (Å²) >= 11 is 0. The molecule has 0 aliphatic carbocycles. The van der Waals surface area contributed by atoms with Gasteiger partial charge >= 0.3 is 61.0 Å². The van der Waals surface area contributed by atoms with E-state index < -0.39 is 7.94 Å². The van der Waals surface area contributed by atoms with Crippen LogP contribution in [0.15, 0.2) is 0 Å². The van der Waals surface area contributed by atoms with Gasteiger partial charge in [-0.1, -0.05) is 0 Å². The van der Waals surface area contributed by atoms with Crippen LogP contribution in [-0.2, 0) is 9.05 Å². The Labute approximate surface area is 61.9 Å². The zero-order chi connectivity index (χ0) is 7.61. The van der Waals surface area contributed by atoms with Crippen molar-refractivity contribution in [3.05, 3.63) is 0 Å². The van der Waals surface area contributed by atoms with E-state index in [1.807, 2.05) is 0 Å². The van der Waals surface area contributed by atoms with E-state index >= 15 is 0 Å². The SMILES string of the molecule is CCC1CO[PH](C)(O)OC1. The first-order chi connectivity index (χ1) is 4.64. The van der Waals surface area contributed by atoms with Crippen molar-refractivity contribution in [2.24, 2.45) is 5.92 Å². The molecule has 10 heavy (non-hydrogen) atoms. The van der Waals surface area contributed by atoms with Crippen LogP contribution in [0.2, 0.25) is 0 Å². The maximum atomic E-state index is 9.28. The molecule has 62 valence electrons. The van der Waals surface area contributed by atoms with Gasteiger partial charge in [0.2, 0.25) is 0 Å². The first-order valence-corrected chi connectivity index (χ1v) is 5.90. The molecule has 3 nitrogen and oxygen atoms in total. The van der Waals surface area contributed by atoms with Crippen LogP contribution in [0.4, 0.5) is 0 Å². The van der Waals surface area contributed by atoms with Gasteiger partial charge < -0.3 is 0 Å². The van der Waals surface area contributed by atoms with Crippen LogP contribution >= 0.6 is 7.94 Å². The van der Waals surface area contributed by atoms with Crippen molar-refractivity contribution in [1.29, 1.82) is 0 Å². The summed E-state index contributed by atoms with van der Waals surface area (Å²) in [4.78, 5) is 9.28. The number of rotatable bonds is 1. The maximum absolute atomic E-state index is 9.28. The number of hydrogen-bond donors (Lipinski definition) is 1. The Balaban J connectivity index is 2.31. The van der Waals surface area contributed by atoms with Crippen molar-refractivity contribution in [3.63, 3.8) is 0 Å². The van der Waals surface area contributed by atoms with Crippen molar-refractivity contribution in [3.8, 4) is 0 Å². The topological polar surface area (TPSA) is 38.7 Å². The molecular weight excluding hydrogens is 151 g/mol. The fraction of sp³-hybridized carbons (Fsp3) is 1.00. The van der Waals surface area contributed by atoms with Crippen LogP contribution in [0.3, 0.4) is 0 Å². The summed E-state index contributed by atoms with van der Waals surface area (Å²) in [6, 6.07) is 0. The second-order valence-corrected chi connectivity index (χ2v) is 5.17. The summed E-state index contributed by atoms with van der Waals surface area (Å²) in [5.41, 5.74) is 0. The van der Waals surface area contributed by atoms with E-state index in [9.17, 15) is 4.89 Å². The first-order valence-electron chi connectivity index (χ1n) is 3.64. The predicted octanol–water partition coefficient (Wildman–Crippen LogP) is 1.18. The van der Waals surface area contributed by atoms with Crippen LogP contribution in [0.25, 0.3) is 0 Å². The second kappa shape index (κ2) is 3.14. The zero-order valence-electron chi connectivity index (χ0n) is 6.46. The molecule has 0 aromatic rings. The molecule has 1 aliphatic rings. The van der Waals surface area contributed by atoms with Gasteiger partial charge in [-0.25, -0.2) is 0 Å². The van der Waals surface area contributed by atoms with E-state index in [4.69, 9.17) is 9.05 Å². The van der Waals surface area contributed by atoms with Crippen molar-refractivity contribution < 1.29 is 13.9 Å². The molecule has 0 spiro atoms. The van der Waals surface area contributed by atoms with Crippen LogP contribution in [-0.4, -0.2) is 24.8 Å². The summed E-state index contributed by atoms with van der Waals surface area (Å²) in [6.07, 6.45) is 1.06. The molecule has 1 rings (SSSR count). The summed E-state index contributed by atoms with van der Waals surface area (Å²) in [5.74, 6) is 0.479. The molecule has 0 saturated carbocycles. The van der Waals surface area contributed by atoms with Gasteiger partial charge in [-0.3, -0.25) is 0 Å². The van der Waals surface area contributed by atoms with Gasteiger partial charge in [0, 0.05) is 0 Å². The molecule has 1 saturated heterocycles. The molecule has 1 aliphatic heterocycles. The molecule has 0 atom stereocenters. The molecular formula is C6H15O3P. The Morgan fingerprint density at radius 1 is 1.50 bits per heavy atom. The zero-order valence-corrected chi connectivity index (χ0v) is 7.46. The second-order valence-electron chi connectivity index (χ2n) is 2.79. The Bertz CT molecular complexity index is 106. The van der Waals surface area contributed by atoms with Crippen molar-refractivity contribution in [2.45, 2.75) is 13.3 Å². The minimum absolute atomic E-state index is 0.479. The molecule has 4 heteroatoms. The number of hydrogen-bond acceptors (Lipinski definition) is 3. The molecule has 1 N–H and O–H groups in total. The summed E-state index contributed by atoms with van der Waals surface area (Å²) in [5, 5.41) is 0. The Morgan fingerprint density at radius 3 is 2.40 bits per heavy atom. The molecule has 0 amide bonds. The third-order valence-electron chi connectivity index (χ3n) is 1.75. The van der Waals surface area contributed by atoms with E-state index in [0.717, 1.165) is 6.42 Å². The summed E-state index contributed by atoms with van der Waals surface area (Å²) < 4.78 is 10.3. The quantitative estimate of drug-likeness (QED) is 0.594. The summed E-state index contributed by atoms with van der Waals surface area (Å²) in [7, 11) is -2.65. The third kappa shape index (κ3) is 2.17. The van der Waals surface area contributed by atoms with Gasteiger partial charge in [0.15, 0.2) is 0 Å². The predicted molar refractivity (Wildman–Crippen MR) is 42.1 cm³/mol. The van der Waals surface area contributed by atoms with Crippen LogP contribution in [0, 0.1) is 5.92 Å². The van der Waals surface area contributed by atoms with Gasteiger partial charge in [0.05, 0.1) is 0 Å². The van der Waals surface area contributed by atoms with Crippen molar-refractivity contribution >= 4 is 7.94 Å². The Hall–Kier alpha value is 0.310.